The molecule has 0 aromatic heterocycles. The van der Waals surface area contributed by atoms with Gasteiger partial charge in [-0.1, -0.05) is 41.9 Å². The normalized spacial score (nSPS) is 10.2. The van der Waals surface area contributed by atoms with E-state index < -0.39 is 0 Å². The first-order chi connectivity index (χ1) is 12.6. The number of benzene rings is 2. The first-order valence-electron chi connectivity index (χ1n) is 8.24. The third-order valence-corrected chi connectivity index (χ3v) is 4.06. The molecule has 0 fully saturated rings. The fourth-order valence-electron chi connectivity index (χ4n) is 2.17. The fraction of sp³-hybridized carbons (Fsp3) is 0.263. The zero-order chi connectivity index (χ0) is 18.8. The zero-order valence-corrected chi connectivity index (χ0v) is 16.0. The van der Waals surface area contributed by atoms with Gasteiger partial charge in [-0.3, -0.25) is 10.1 Å². The summed E-state index contributed by atoms with van der Waals surface area (Å²) in [7, 11) is 0. The predicted molar refractivity (Wildman–Crippen MR) is 107 cm³/mol. The maximum Gasteiger partial charge on any atom is 0.261 e. The summed E-state index contributed by atoms with van der Waals surface area (Å²) in [5.41, 5.74) is 1.30. The minimum atomic E-state index is -0.339. The van der Waals surface area contributed by atoms with Gasteiger partial charge < -0.3 is 14.8 Å². The molecule has 138 valence electrons. The third kappa shape index (κ3) is 6.29. The summed E-state index contributed by atoms with van der Waals surface area (Å²) in [6, 6.07) is 14.4. The second kappa shape index (κ2) is 10.8. The lowest BCUT2D eigenvalue weighted by Crippen LogP contribution is -2.39. The van der Waals surface area contributed by atoms with E-state index in [0.29, 0.717) is 42.7 Å². The van der Waals surface area contributed by atoms with Crippen LogP contribution in [0.25, 0.3) is 0 Å². The largest absolute Gasteiger partial charge is 0.490 e. The van der Waals surface area contributed by atoms with Gasteiger partial charge in [0.25, 0.3) is 5.91 Å². The Hall–Kier alpha value is -2.15. The molecule has 2 N–H and O–H groups in total. The quantitative estimate of drug-likeness (QED) is 0.531. The molecule has 0 aliphatic rings. The summed E-state index contributed by atoms with van der Waals surface area (Å²) in [5.74, 6) is 0.146. The fourth-order valence-corrected chi connectivity index (χ4v) is 2.53. The van der Waals surface area contributed by atoms with E-state index in [0.717, 1.165) is 5.56 Å². The topological polar surface area (TPSA) is 59.6 Å². The molecule has 2 aromatic carbocycles. The molecule has 7 heteroatoms. The molecule has 0 saturated carbocycles. The Labute approximate surface area is 163 Å². The van der Waals surface area contributed by atoms with Crippen molar-refractivity contribution in [2.24, 2.45) is 0 Å². The summed E-state index contributed by atoms with van der Waals surface area (Å²) in [6.45, 7) is 3.79. The smallest absolute Gasteiger partial charge is 0.261 e. The van der Waals surface area contributed by atoms with Crippen molar-refractivity contribution >= 4 is 34.8 Å². The molecule has 0 bridgehead atoms. The molecule has 0 unspecified atom stereocenters. The zero-order valence-electron chi connectivity index (χ0n) is 14.5. The molecule has 2 rings (SSSR count). The summed E-state index contributed by atoms with van der Waals surface area (Å²) in [4.78, 5) is 12.5. The molecule has 5 nitrogen and oxygen atoms in total. The number of rotatable bonds is 8. The van der Waals surface area contributed by atoms with E-state index >= 15 is 0 Å². The van der Waals surface area contributed by atoms with E-state index in [1.54, 1.807) is 30.3 Å². The molecule has 0 radical (unpaired) electrons. The molecule has 1 amide bonds. The van der Waals surface area contributed by atoms with Gasteiger partial charge in [0, 0.05) is 18.2 Å². The third-order valence-electron chi connectivity index (χ3n) is 3.45. The van der Waals surface area contributed by atoms with Gasteiger partial charge in [-0.15, -0.1) is 0 Å². The monoisotopic (exact) mass is 392 g/mol. The molecular formula is C19H21ClN2O3S. The Kier molecular flexibility index (Phi) is 8.34. The van der Waals surface area contributed by atoms with Gasteiger partial charge in [0.15, 0.2) is 5.11 Å². The molecule has 0 aliphatic heterocycles. The van der Waals surface area contributed by atoms with E-state index in [1.807, 2.05) is 25.1 Å². The Morgan fingerprint density at radius 2 is 1.85 bits per heavy atom. The summed E-state index contributed by atoms with van der Waals surface area (Å²) >= 11 is 11.3. The first kappa shape index (κ1) is 20.2. The number of amides is 1. The maximum absolute atomic E-state index is 12.5. The Morgan fingerprint density at radius 1 is 1.12 bits per heavy atom. The molecule has 0 spiro atoms. The number of para-hydroxylation sites is 1. The molecule has 2 aromatic rings. The second-order valence-electron chi connectivity index (χ2n) is 5.27. The van der Waals surface area contributed by atoms with Gasteiger partial charge >= 0.3 is 0 Å². The molecule has 26 heavy (non-hydrogen) atoms. The van der Waals surface area contributed by atoms with Crippen LogP contribution < -0.4 is 15.4 Å². The van der Waals surface area contributed by atoms with Crippen molar-refractivity contribution < 1.29 is 14.3 Å². The van der Waals surface area contributed by atoms with Gasteiger partial charge in [-0.25, -0.2) is 0 Å². The number of carbonyl (C=O) groups is 1. The highest BCUT2D eigenvalue weighted by Gasteiger charge is 2.13. The first-order valence-corrected chi connectivity index (χ1v) is 9.02. The number of ether oxygens (including phenoxy) is 2. The van der Waals surface area contributed by atoms with Crippen LogP contribution in [0.2, 0.25) is 5.02 Å². The van der Waals surface area contributed by atoms with Crippen molar-refractivity contribution in [1.29, 1.82) is 0 Å². The van der Waals surface area contributed by atoms with Crippen LogP contribution in [0.3, 0.4) is 0 Å². The molecule has 0 atom stereocenters. The summed E-state index contributed by atoms with van der Waals surface area (Å²) < 4.78 is 10.9. The van der Waals surface area contributed by atoms with E-state index in [9.17, 15) is 4.79 Å². The standard InChI is InChI=1S/C19H21ClN2O3S/c1-2-24-11-12-25-17-10-6-4-8-15(17)18(23)22-19(26)21-13-14-7-3-5-9-16(14)20/h3-10H,2,11-13H2,1H3,(H2,21,22,23,26). The minimum Gasteiger partial charge on any atom is -0.490 e. The average Bonchev–Trinajstić information content (AvgIpc) is 2.65. The van der Waals surface area contributed by atoms with E-state index in [-0.39, 0.29) is 11.0 Å². The van der Waals surface area contributed by atoms with Gasteiger partial charge in [0.2, 0.25) is 0 Å². The number of hydrogen-bond donors (Lipinski definition) is 2. The lowest BCUT2D eigenvalue weighted by atomic mass is 10.2. The van der Waals surface area contributed by atoms with E-state index in [2.05, 4.69) is 10.6 Å². The van der Waals surface area contributed by atoms with Crippen molar-refractivity contribution in [3.63, 3.8) is 0 Å². The van der Waals surface area contributed by atoms with Gasteiger partial charge in [0.1, 0.15) is 12.4 Å². The highest BCUT2D eigenvalue weighted by Crippen LogP contribution is 2.18. The van der Waals surface area contributed by atoms with Crippen LogP contribution >= 0.6 is 23.8 Å². The summed E-state index contributed by atoms with van der Waals surface area (Å²) in [5, 5.41) is 6.49. The van der Waals surface area contributed by atoms with Crippen LogP contribution in [0.4, 0.5) is 0 Å². The lowest BCUT2D eigenvalue weighted by molar-refractivity contribution is 0.0957. The number of nitrogens with one attached hydrogen (secondary N) is 2. The van der Waals surface area contributed by atoms with Crippen molar-refractivity contribution in [3.05, 3.63) is 64.7 Å². The van der Waals surface area contributed by atoms with Gasteiger partial charge in [-0.2, -0.15) is 0 Å². The van der Waals surface area contributed by atoms with Crippen molar-refractivity contribution in [2.45, 2.75) is 13.5 Å². The Bertz CT molecular complexity index is 755. The Balaban J connectivity index is 1.90. The van der Waals surface area contributed by atoms with Crippen LogP contribution in [-0.4, -0.2) is 30.8 Å². The molecule has 0 saturated heterocycles. The van der Waals surface area contributed by atoms with Crippen LogP contribution in [0.1, 0.15) is 22.8 Å². The van der Waals surface area contributed by atoms with Gasteiger partial charge in [0.05, 0.1) is 12.2 Å². The second-order valence-corrected chi connectivity index (χ2v) is 6.09. The van der Waals surface area contributed by atoms with Crippen LogP contribution in [0, 0.1) is 0 Å². The van der Waals surface area contributed by atoms with Crippen LogP contribution in [0.5, 0.6) is 5.75 Å². The number of thiocarbonyl (C=S) groups is 1. The number of hydrogen-bond acceptors (Lipinski definition) is 4. The highest BCUT2D eigenvalue weighted by atomic mass is 35.5. The highest BCUT2D eigenvalue weighted by molar-refractivity contribution is 7.80. The molecule has 0 aliphatic carbocycles. The SMILES string of the molecule is CCOCCOc1ccccc1C(=O)NC(=S)NCc1ccccc1Cl. The molecule has 0 heterocycles. The number of carbonyl (C=O) groups excluding carboxylic acids is 1. The van der Waals surface area contributed by atoms with Crippen LogP contribution in [0.15, 0.2) is 48.5 Å². The Morgan fingerprint density at radius 3 is 2.62 bits per heavy atom. The maximum atomic E-state index is 12.5. The minimum absolute atomic E-state index is 0.221. The average molecular weight is 393 g/mol. The van der Waals surface area contributed by atoms with Crippen molar-refractivity contribution in [3.8, 4) is 5.75 Å². The van der Waals surface area contributed by atoms with Gasteiger partial charge in [-0.05, 0) is 42.9 Å². The lowest BCUT2D eigenvalue weighted by Gasteiger charge is -2.13. The van der Waals surface area contributed by atoms with E-state index in [1.165, 1.54) is 0 Å². The van der Waals surface area contributed by atoms with E-state index in [4.69, 9.17) is 33.3 Å². The molecular weight excluding hydrogens is 372 g/mol. The van der Waals surface area contributed by atoms with Crippen LogP contribution in [-0.2, 0) is 11.3 Å². The van der Waals surface area contributed by atoms with Crippen molar-refractivity contribution in [1.82, 2.24) is 10.6 Å². The van der Waals surface area contributed by atoms with Crippen molar-refractivity contribution in [2.75, 3.05) is 19.8 Å². The predicted octanol–water partition coefficient (Wildman–Crippen LogP) is 3.56. The number of halogens is 1. The summed E-state index contributed by atoms with van der Waals surface area (Å²) in [6.07, 6.45) is 0.